The van der Waals surface area contributed by atoms with Crippen molar-refractivity contribution < 1.29 is 0 Å². The van der Waals surface area contributed by atoms with Crippen LogP contribution in [0.4, 0.5) is 0 Å². The highest BCUT2D eigenvalue weighted by molar-refractivity contribution is 4.89. The second-order valence-corrected chi connectivity index (χ2v) is 4.20. The zero-order chi connectivity index (χ0) is 8.28. The lowest BCUT2D eigenvalue weighted by Gasteiger charge is -2.38. The van der Waals surface area contributed by atoms with Crippen molar-refractivity contribution >= 4 is 0 Å². The van der Waals surface area contributed by atoms with Crippen LogP contribution in [0.2, 0.25) is 0 Å². The second-order valence-electron chi connectivity index (χ2n) is 4.20. The highest BCUT2D eigenvalue weighted by Crippen LogP contribution is 2.26. The molecule has 1 saturated heterocycles. The number of nitrogens with one attached hydrogen (secondary N) is 2. The summed E-state index contributed by atoms with van der Waals surface area (Å²) in [7, 11) is 0. The predicted octanol–water partition coefficient (Wildman–Crippen LogP) is 1.62. The van der Waals surface area contributed by atoms with Gasteiger partial charge in [-0.05, 0) is 38.8 Å². The molecule has 0 aromatic heterocycles. The van der Waals surface area contributed by atoms with Crippen molar-refractivity contribution in [1.82, 2.24) is 10.6 Å². The van der Waals surface area contributed by atoms with Gasteiger partial charge in [-0.25, -0.2) is 0 Å². The molecule has 0 radical (unpaired) electrons. The molecule has 1 aliphatic heterocycles. The SMILES string of the molecule is C1CCC2(CC1)NCCCCN2. The first-order chi connectivity index (χ1) is 5.91. The van der Waals surface area contributed by atoms with Crippen LogP contribution in [0.5, 0.6) is 0 Å². The van der Waals surface area contributed by atoms with Gasteiger partial charge in [0.1, 0.15) is 0 Å². The third-order valence-electron chi connectivity index (χ3n) is 3.24. The molecular weight excluding hydrogens is 148 g/mol. The fourth-order valence-corrected chi connectivity index (χ4v) is 2.48. The molecule has 12 heavy (non-hydrogen) atoms. The Balaban J connectivity index is 1.95. The van der Waals surface area contributed by atoms with Gasteiger partial charge in [0, 0.05) is 0 Å². The molecule has 0 atom stereocenters. The van der Waals surface area contributed by atoms with E-state index in [0.29, 0.717) is 5.66 Å². The molecule has 1 spiro atoms. The van der Waals surface area contributed by atoms with Gasteiger partial charge in [0.25, 0.3) is 0 Å². The molecule has 0 unspecified atom stereocenters. The zero-order valence-corrected chi connectivity index (χ0v) is 7.86. The molecule has 70 valence electrons. The second kappa shape index (κ2) is 3.75. The van der Waals surface area contributed by atoms with E-state index in [9.17, 15) is 0 Å². The first kappa shape index (κ1) is 8.52. The van der Waals surface area contributed by atoms with E-state index in [-0.39, 0.29) is 0 Å². The maximum atomic E-state index is 3.69. The molecule has 2 fully saturated rings. The third-order valence-corrected chi connectivity index (χ3v) is 3.24. The van der Waals surface area contributed by atoms with Crippen molar-refractivity contribution in [3.8, 4) is 0 Å². The van der Waals surface area contributed by atoms with Crippen LogP contribution in [-0.2, 0) is 0 Å². The van der Waals surface area contributed by atoms with Crippen LogP contribution in [0.15, 0.2) is 0 Å². The monoisotopic (exact) mass is 168 g/mol. The summed E-state index contributed by atoms with van der Waals surface area (Å²) in [5.74, 6) is 0. The molecule has 2 N–H and O–H groups in total. The molecule has 1 aliphatic carbocycles. The fourth-order valence-electron chi connectivity index (χ4n) is 2.48. The van der Waals surface area contributed by atoms with Crippen LogP contribution in [-0.4, -0.2) is 18.8 Å². The van der Waals surface area contributed by atoms with Gasteiger partial charge in [-0.3, -0.25) is 10.6 Å². The first-order valence-corrected chi connectivity index (χ1v) is 5.41. The minimum Gasteiger partial charge on any atom is -0.299 e. The number of rotatable bonds is 0. The molecule has 0 bridgehead atoms. The van der Waals surface area contributed by atoms with E-state index in [2.05, 4.69) is 10.6 Å². The van der Waals surface area contributed by atoms with Crippen LogP contribution in [0, 0.1) is 0 Å². The van der Waals surface area contributed by atoms with E-state index in [1.54, 1.807) is 0 Å². The van der Waals surface area contributed by atoms with Crippen molar-refractivity contribution in [1.29, 1.82) is 0 Å². The van der Waals surface area contributed by atoms with Gasteiger partial charge in [-0.2, -0.15) is 0 Å². The summed E-state index contributed by atoms with van der Waals surface area (Å²) in [4.78, 5) is 0. The third kappa shape index (κ3) is 1.80. The lowest BCUT2D eigenvalue weighted by molar-refractivity contribution is 0.195. The van der Waals surface area contributed by atoms with Gasteiger partial charge in [0.05, 0.1) is 5.66 Å². The number of hydrogen-bond donors (Lipinski definition) is 2. The molecule has 2 aliphatic rings. The van der Waals surface area contributed by atoms with Crippen LogP contribution in [0.25, 0.3) is 0 Å². The molecule has 0 aromatic rings. The minimum atomic E-state index is 0.342. The van der Waals surface area contributed by atoms with Crippen LogP contribution >= 0.6 is 0 Å². The molecule has 0 amide bonds. The summed E-state index contributed by atoms with van der Waals surface area (Å²) in [6.45, 7) is 2.43. The van der Waals surface area contributed by atoms with Gasteiger partial charge < -0.3 is 0 Å². The lowest BCUT2D eigenvalue weighted by Crippen LogP contribution is -2.56. The summed E-state index contributed by atoms with van der Waals surface area (Å²) in [5.41, 5.74) is 0.342. The average molecular weight is 168 g/mol. The normalized spacial score (nSPS) is 30.0. The van der Waals surface area contributed by atoms with Gasteiger partial charge in [-0.1, -0.05) is 19.3 Å². The van der Waals surface area contributed by atoms with E-state index in [0.717, 1.165) is 0 Å². The van der Waals surface area contributed by atoms with Crippen molar-refractivity contribution in [3.63, 3.8) is 0 Å². The highest BCUT2D eigenvalue weighted by Gasteiger charge is 2.31. The summed E-state index contributed by atoms with van der Waals surface area (Å²) in [6.07, 6.45) is 9.61. The predicted molar refractivity (Wildman–Crippen MR) is 51.1 cm³/mol. The van der Waals surface area contributed by atoms with E-state index in [1.165, 1.54) is 58.0 Å². The Morgan fingerprint density at radius 2 is 1.25 bits per heavy atom. The quantitative estimate of drug-likeness (QED) is 0.574. The van der Waals surface area contributed by atoms with E-state index in [1.807, 2.05) is 0 Å². The summed E-state index contributed by atoms with van der Waals surface area (Å²) < 4.78 is 0. The Bertz CT molecular complexity index is 129. The van der Waals surface area contributed by atoms with Crippen molar-refractivity contribution in [2.24, 2.45) is 0 Å². The van der Waals surface area contributed by atoms with Gasteiger partial charge in [-0.15, -0.1) is 0 Å². The van der Waals surface area contributed by atoms with Crippen molar-refractivity contribution in [2.75, 3.05) is 13.1 Å². The highest BCUT2D eigenvalue weighted by atomic mass is 15.2. The number of hydrogen-bond acceptors (Lipinski definition) is 2. The first-order valence-electron chi connectivity index (χ1n) is 5.41. The van der Waals surface area contributed by atoms with Crippen LogP contribution in [0.3, 0.4) is 0 Å². The molecule has 2 rings (SSSR count). The van der Waals surface area contributed by atoms with Crippen molar-refractivity contribution in [2.45, 2.75) is 50.6 Å². The molecule has 0 aromatic carbocycles. The molecule has 2 nitrogen and oxygen atoms in total. The van der Waals surface area contributed by atoms with Gasteiger partial charge in [0.15, 0.2) is 0 Å². The van der Waals surface area contributed by atoms with Gasteiger partial charge >= 0.3 is 0 Å². The Hall–Kier alpha value is -0.0800. The molecule has 1 saturated carbocycles. The Morgan fingerprint density at radius 3 is 1.83 bits per heavy atom. The van der Waals surface area contributed by atoms with E-state index >= 15 is 0 Å². The summed E-state index contributed by atoms with van der Waals surface area (Å²) in [6, 6.07) is 0. The van der Waals surface area contributed by atoms with Crippen LogP contribution in [0.1, 0.15) is 44.9 Å². The standard InChI is InChI=1S/C10H20N2/c1-2-6-10(7-3-1)11-8-4-5-9-12-10/h11-12H,1-9H2. The molecule has 1 heterocycles. The Morgan fingerprint density at radius 1 is 0.667 bits per heavy atom. The Labute approximate surface area is 75.1 Å². The largest absolute Gasteiger partial charge is 0.299 e. The van der Waals surface area contributed by atoms with Crippen molar-refractivity contribution in [3.05, 3.63) is 0 Å². The lowest BCUT2D eigenvalue weighted by atomic mass is 9.89. The van der Waals surface area contributed by atoms with E-state index < -0.39 is 0 Å². The smallest absolute Gasteiger partial charge is 0.0687 e. The van der Waals surface area contributed by atoms with E-state index in [4.69, 9.17) is 0 Å². The van der Waals surface area contributed by atoms with Gasteiger partial charge in [0.2, 0.25) is 0 Å². The topological polar surface area (TPSA) is 24.1 Å². The summed E-state index contributed by atoms with van der Waals surface area (Å²) in [5, 5.41) is 7.37. The summed E-state index contributed by atoms with van der Waals surface area (Å²) >= 11 is 0. The zero-order valence-electron chi connectivity index (χ0n) is 7.86. The van der Waals surface area contributed by atoms with Crippen LogP contribution < -0.4 is 10.6 Å². The molecular formula is C10H20N2. The maximum absolute atomic E-state index is 3.69. The molecule has 2 heteroatoms. The maximum Gasteiger partial charge on any atom is 0.0687 e. The average Bonchev–Trinajstić information content (AvgIpc) is 2.33. The Kier molecular flexibility index (Phi) is 2.66. The fraction of sp³-hybridized carbons (Fsp3) is 1.00. The minimum absolute atomic E-state index is 0.342.